The summed E-state index contributed by atoms with van der Waals surface area (Å²) in [4.78, 5) is 3.91. The molecule has 1 aromatic carbocycles. The minimum Gasteiger partial charge on any atom is -0.497 e. The van der Waals surface area contributed by atoms with E-state index in [4.69, 9.17) is 10.00 Å². The quantitative estimate of drug-likeness (QED) is 0.895. The molecule has 0 fully saturated rings. The normalized spacial score (nSPS) is 10.7. The predicted octanol–water partition coefficient (Wildman–Crippen LogP) is 2.53. The first-order chi connectivity index (χ1) is 9.96. The van der Waals surface area contributed by atoms with Gasteiger partial charge in [0.15, 0.2) is 5.69 Å². The minimum absolute atomic E-state index is 0.00436. The van der Waals surface area contributed by atoms with Gasteiger partial charge in [-0.05, 0) is 46.3 Å². The molecular formula is C13H10BrN3O3S. The lowest BCUT2D eigenvalue weighted by Gasteiger charge is -2.09. The Morgan fingerprint density at radius 2 is 2.00 bits per heavy atom. The fourth-order valence-corrected chi connectivity index (χ4v) is 2.95. The molecule has 0 unspecified atom stereocenters. The van der Waals surface area contributed by atoms with Crippen LogP contribution in [-0.2, 0) is 10.0 Å². The van der Waals surface area contributed by atoms with Gasteiger partial charge in [-0.25, -0.2) is 13.4 Å². The number of pyridine rings is 1. The van der Waals surface area contributed by atoms with E-state index >= 15 is 0 Å². The van der Waals surface area contributed by atoms with Gasteiger partial charge in [0.05, 0.1) is 17.7 Å². The first kappa shape index (κ1) is 15.3. The van der Waals surface area contributed by atoms with Crippen LogP contribution in [-0.4, -0.2) is 20.5 Å². The van der Waals surface area contributed by atoms with Crippen LogP contribution in [0.4, 0.5) is 5.69 Å². The van der Waals surface area contributed by atoms with Gasteiger partial charge in [-0.1, -0.05) is 0 Å². The maximum atomic E-state index is 12.3. The summed E-state index contributed by atoms with van der Waals surface area (Å²) in [6, 6.07) is 9.23. The zero-order chi connectivity index (χ0) is 15.5. The van der Waals surface area contributed by atoms with Crippen molar-refractivity contribution in [2.24, 2.45) is 0 Å². The Morgan fingerprint density at radius 1 is 1.33 bits per heavy atom. The second-order valence-electron chi connectivity index (χ2n) is 3.94. The van der Waals surface area contributed by atoms with Crippen LogP contribution in [0.5, 0.6) is 5.75 Å². The van der Waals surface area contributed by atoms with Gasteiger partial charge in [-0.2, -0.15) is 5.26 Å². The van der Waals surface area contributed by atoms with Crippen LogP contribution in [0, 0.1) is 11.3 Å². The number of ether oxygens (including phenoxy) is 1. The summed E-state index contributed by atoms with van der Waals surface area (Å²) in [7, 11) is -2.31. The summed E-state index contributed by atoms with van der Waals surface area (Å²) in [5, 5.41) is 8.97. The summed E-state index contributed by atoms with van der Waals surface area (Å²) in [5.74, 6) is 0.552. The van der Waals surface area contributed by atoms with Gasteiger partial charge in [-0.15, -0.1) is 0 Å². The largest absolute Gasteiger partial charge is 0.497 e. The van der Waals surface area contributed by atoms with Gasteiger partial charge in [0.1, 0.15) is 11.8 Å². The molecule has 0 aliphatic heterocycles. The van der Waals surface area contributed by atoms with E-state index in [2.05, 4.69) is 25.6 Å². The van der Waals surface area contributed by atoms with Gasteiger partial charge < -0.3 is 4.74 Å². The number of rotatable bonds is 4. The van der Waals surface area contributed by atoms with Crippen molar-refractivity contribution >= 4 is 31.6 Å². The monoisotopic (exact) mass is 367 g/mol. The molecule has 0 saturated heterocycles. The van der Waals surface area contributed by atoms with Crippen LogP contribution in [0.15, 0.2) is 45.9 Å². The Kier molecular flexibility index (Phi) is 4.45. The SMILES string of the molecule is COc1ccc(S(=O)(=O)Nc2cc(Br)cnc2C#N)cc1. The Bertz CT molecular complexity index is 798. The molecule has 0 radical (unpaired) electrons. The number of halogens is 1. The summed E-state index contributed by atoms with van der Waals surface area (Å²) >= 11 is 3.18. The zero-order valence-corrected chi connectivity index (χ0v) is 13.3. The maximum absolute atomic E-state index is 12.3. The number of aromatic nitrogens is 1. The molecule has 0 aliphatic carbocycles. The molecule has 0 spiro atoms. The van der Waals surface area contributed by atoms with Crippen LogP contribution in [0.1, 0.15) is 5.69 Å². The molecule has 2 rings (SSSR count). The number of benzene rings is 1. The Balaban J connectivity index is 2.37. The second kappa shape index (κ2) is 6.11. The van der Waals surface area contributed by atoms with Crippen LogP contribution < -0.4 is 9.46 Å². The standard InChI is InChI=1S/C13H10BrN3O3S/c1-20-10-2-4-11(5-3-10)21(18,19)17-12-6-9(14)8-16-13(12)7-15/h2-6,8,17H,1H3. The van der Waals surface area contributed by atoms with E-state index in [1.807, 2.05) is 6.07 Å². The molecule has 6 nitrogen and oxygen atoms in total. The second-order valence-corrected chi connectivity index (χ2v) is 6.54. The third-order valence-electron chi connectivity index (χ3n) is 2.57. The van der Waals surface area contributed by atoms with E-state index in [1.165, 1.54) is 31.5 Å². The highest BCUT2D eigenvalue weighted by atomic mass is 79.9. The van der Waals surface area contributed by atoms with Gasteiger partial charge >= 0.3 is 0 Å². The van der Waals surface area contributed by atoms with Crippen LogP contribution >= 0.6 is 15.9 Å². The van der Waals surface area contributed by atoms with Crippen LogP contribution in [0.25, 0.3) is 0 Å². The molecule has 0 amide bonds. The number of nitrogens with zero attached hydrogens (tertiary/aromatic N) is 2. The van der Waals surface area contributed by atoms with Crippen molar-refractivity contribution in [2.75, 3.05) is 11.8 Å². The van der Waals surface area contributed by atoms with E-state index in [1.54, 1.807) is 12.1 Å². The lowest BCUT2D eigenvalue weighted by atomic mass is 10.3. The molecular weight excluding hydrogens is 358 g/mol. The number of hydrogen-bond donors (Lipinski definition) is 1. The first-order valence-electron chi connectivity index (χ1n) is 5.69. The average Bonchev–Trinajstić information content (AvgIpc) is 2.47. The van der Waals surface area contributed by atoms with Gasteiger partial charge in [0, 0.05) is 10.7 Å². The molecule has 0 saturated carbocycles. The summed E-state index contributed by atoms with van der Waals surface area (Å²) in [6.45, 7) is 0. The predicted molar refractivity (Wildman–Crippen MR) is 80.5 cm³/mol. The molecule has 108 valence electrons. The maximum Gasteiger partial charge on any atom is 0.261 e. The molecule has 0 atom stereocenters. The van der Waals surface area contributed by atoms with Crippen molar-refractivity contribution in [1.82, 2.24) is 4.98 Å². The third-order valence-corrected chi connectivity index (χ3v) is 4.39. The number of nitrogens with one attached hydrogen (secondary N) is 1. The number of hydrogen-bond acceptors (Lipinski definition) is 5. The van der Waals surface area contributed by atoms with Crippen molar-refractivity contribution in [3.8, 4) is 11.8 Å². The Hall–Kier alpha value is -2.11. The molecule has 21 heavy (non-hydrogen) atoms. The van der Waals surface area contributed by atoms with Crippen molar-refractivity contribution in [3.63, 3.8) is 0 Å². The number of nitriles is 1. The fourth-order valence-electron chi connectivity index (χ4n) is 1.56. The summed E-state index contributed by atoms with van der Waals surface area (Å²) in [6.07, 6.45) is 1.42. The smallest absolute Gasteiger partial charge is 0.261 e. The highest BCUT2D eigenvalue weighted by Gasteiger charge is 2.17. The number of methoxy groups -OCH3 is 1. The number of anilines is 1. The van der Waals surface area contributed by atoms with E-state index in [0.29, 0.717) is 10.2 Å². The van der Waals surface area contributed by atoms with E-state index < -0.39 is 10.0 Å². The van der Waals surface area contributed by atoms with Crippen LogP contribution in [0.3, 0.4) is 0 Å². The summed E-state index contributed by atoms with van der Waals surface area (Å²) in [5.41, 5.74) is 0.109. The van der Waals surface area contributed by atoms with Crippen molar-refractivity contribution in [3.05, 3.63) is 46.7 Å². The van der Waals surface area contributed by atoms with E-state index in [0.717, 1.165) is 0 Å². The molecule has 8 heteroatoms. The molecule has 1 aromatic heterocycles. The molecule has 0 bridgehead atoms. The molecule has 1 heterocycles. The van der Waals surface area contributed by atoms with Crippen LogP contribution in [0.2, 0.25) is 0 Å². The Morgan fingerprint density at radius 3 is 2.57 bits per heavy atom. The molecule has 0 aliphatic rings. The van der Waals surface area contributed by atoms with Crippen molar-refractivity contribution < 1.29 is 13.2 Å². The lowest BCUT2D eigenvalue weighted by Crippen LogP contribution is -2.14. The molecule has 2 aromatic rings. The number of sulfonamides is 1. The van der Waals surface area contributed by atoms with Gasteiger partial charge in [-0.3, -0.25) is 4.72 Å². The van der Waals surface area contributed by atoms with E-state index in [9.17, 15) is 8.42 Å². The Labute approximate surface area is 130 Å². The fraction of sp³-hybridized carbons (Fsp3) is 0.0769. The van der Waals surface area contributed by atoms with Crippen molar-refractivity contribution in [1.29, 1.82) is 5.26 Å². The van der Waals surface area contributed by atoms with E-state index in [-0.39, 0.29) is 16.3 Å². The lowest BCUT2D eigenvalue weighted by molar-refractivity contribution is 0.414. The molecule has 1 N–H and O–H groups in total. The third kappa shape index (κ3) is 3.51. The topological polar surface area (TPSA) is 92.1 Å². The van der Waals surface area contributed by atoms with Crippen molar-refractivity contribution in [2.45, 2.75) is 4.90 Å². The highest BCUT2D eigenvalue weighted by Crippen LogP contribution is 2.23. The summed E-state index contributed by atoms with van der Waals surface area (Å²) < 4.78 is 32.4. The van der Waals surface area contributed by atoms with Gasteiger partial charge in [0.25, 0.3) is 10.0 Å². The zero-order valence-electron chi connectivity index (χ0n) is 10.9. The first-order valence-corrected chi connectivity index (χ1v) is 7.96. The average molecular weight is 368 g/mol. The van der Waals surface area contributed by atoms with Gasteiger partial charge in [0.2, 0.25) is 0 Å². The minimum atomic E-state index is -3.81. The highest BCUT2D eigenvalue weighted by molar-refractivity contribution is 9.10.